The summed E-state index contributed by atoms with van der Waals surface area (Å²) < 4.78 is 15.7. The Morgan fingerprint density at radius 3 is 2.80 bits per heavy atom. The predicted molar refractivity (Wildman–Crippen MR) is 91.9 cm³/mol. The molecule has 2 rings (SSSR count). The number of aromatic nitrogens is 1. The van der Waals surface area contributed by atoms with Crippen LogP contribution in [0, 0.1) is 11.3 Å². The maximum Gasteiger partial charge on any atom is 0.263 e. The van der Waals surface area contributed by atoms with Crippen LogP contribution in [0.3, 0.4) is 0 Å². The highest BCUT2D eigenvalue weighted by atomic mass is 35.5. The number of pyridine rings is 1. The van der Waals surface area contributed by atoms with E-state index in [0.29, 0.717) is 35.6 Å². The molecule has 0 atom stereocenters. The molecule has 0 spiro atoms. The molecule has 1 heterocycles. The second-order valence-electron chi connectivity index (χ2n) is 4.81. The molecule has 1 aromatic carbocycles. The van der Waals surface area contributed by atoms with Crippen molar-refractivity contribution in [2.45, 2.75) is 0 Å². The third-order valence-corrected chi connectivity index (χ3v) is 3.20. The first-order valence-corrected chi connectivity index (χ1v) is 7.70. The number of nitrogens with one attached hydrogen (secondary N) is 1. The van der Waals surface area contributed by atoms with E-state index >= 15 is 0 Å². The summed E-state index contributed by atoms with van der Waals surface area (Å²) in [6.07, 6.45) is 1.42. The van der Waals surface area contributed by atoms with E-state index in [1.165, 1.54) is 6.20 Å². The van der Waals surface area contributed by atoms with Gasteiger partial charge in [-0.1, -0.05) is 11.6 Å². The van der Waals surface area contributed by atoms with Gasteiger partial charge in [-0.15, -0.1) is 0 Å². The number of anilines is 1. The van der Waals surface area contributed by atoms with E-state index in [0.717, 1.165) is 0 Å². The fraction of sp³-hybridized carbons (Fsp3) is 0.235. The molecular weight excluding hydrogens is 346 g/mol. The van der Waals surface area contributed by atoms with Crippen LogP contribution in [0.15, 0.2) is 36.5 Å². The second kappa shape index (κ2) is 9.47. The van der Waals surface area contributed by atoms with Crippen molar-refractivity contribution < 1.29 is 19.0 Å². The van der Waals surface area contributed by atoms with Gasteiger partial charge in [0.05, 0.1) is 17.2 Å². The number of benzene rings is 1. The highest BCUT2D eigenvalue weighted by Gasteiger charge is 2.09. The summed E-state index contributed by atoms with van der Waals surface area (Å²) in [7, 11) is 1.58. The highest BCUT2D eigenvalue weighted by Crippen LogP contribution is 2.23. The topological polar surface area (TPSA) is 93.5 Å². The van der Waals surface area contributed by atoms with Gasteiger partial charge >= 0.3 is 0 Å². The molecule has 0 aliphatic heterocycles. The molecule has 0 fully saturated rings. The van der Waals surface area contributed by atoms with Crippen LogP contribution in [0.25, 0.3) is 0 Å². The van der Waals surface area contributed by atoms with Crippen molar-refractivity contribution in [3.05, 3.63) is 47.1 Å². The molecule has 8 heteroatoms. The second-order valence-corrected chi connectivity index (χ2v) is 5.25. The van der Waals surface area contributed by atoms with E-state index < -0.39 is 5.91 Å². The smallest absolute Gasteiger partial charge is 0.263 e. The minimum absolute atomic E-state index is 0.261. The van der Waals surface area contributed by atoms with E-state index in [1.54, 1.807) is 37.4 Å². The van der Waals surface area contributed by atoms with E-state index in [4.69, 9.17) is 25.8 Å². The van der Waals surface area contributed by atoms with Gasteiger partial charge < -0.3 is 19.5 Å². The van der Waals surface area contributed by atoms with E-state index in [1.807, 2.05) is 6.07 Å². The number of amides is 1. The molecule has 1 aromatic heterocycles. The molecule has 1 N–H and O–H groups in total. The first-order valence-electron chi connectivity index (χ1n) is 7.32. The Labute approximate surface area is 150 Å². The summed E-state index contributed by atoms with van der Waals surface area (Å²) in [6.45, 7) is 0.556. The van der Waals surface area contributed by atoms with Crippen molar-refractivity contribution in [3.8, 4) is 17.6 Å². The molecule has 7 nitrogen and oxygen atoms in total. The highest BCUT2D eigenvalue weighted by molar-refractivity contribution is 6.30. The fourth-order valence-corrected chi connectivity index (χ4v) is 1.94. The Hall–Kier alpha value is -2.82. The SMILES string of the molecule is COCCOc1ccc(OCC(=O)Nc2ccc(Cl)cn2)c(C#N)c1. The normalized spacial score (nSPS) is 9.96. The lowest BCUT2D eigenvalue weighted by Gasteiger charge is -2.10. The van der Waals surface area contributed by atoms with Gasteiger partial charge in [0.1, 0.15) is 30.0 Å². The Morgan fingerprint density at radius 2 is 2.12 bits per heavy atom. The van der Waals surface area contributed by atoms with Crippen LogP contribution in [0.2, 0.25) is 5.02 Å². The summed E-state index contributed by atoms with van der Waals surface area (Å²) >= 11 is 5.73. The van der Waals surface area contributed by atoms with Crippen molar-refractivity contribution in [3.63, 3.8) is 0 Å². The molecule has 25 heavy (non-hydrogen) atoms. The Kier molecular flexibility index (Phi) is 7.01. The van der Waals surface area contributed by atoms with Gasteiger partial charge in [-0.2, -0.15) is 5.26 Å². The van der Waals surface area contributed by atoms with Crippen LogP contribution in [0.5, 0.6) is 11.5 Å². The van der Waals surface area contributed by atoms with Gasteiger partial charge in [0, 0.05) is 19.4 Å². The number of halogens is 1. The quantitative estimate of drug-likeness (QED) is 0.726. The van der Waals surface area contributed by atoms with Gasteiger partial charge in [-0.3, -0.25) is 4.79 Å². The van der Waals surface area contributed by atoms with Gasteiger partial charge in [-0.25, -0.2) is 4.98 Å². The molecule has 0 bridgehead atoms. The molecule has 0 saturated carbocycles. The van der Waals surface area contributed by atoms with Crippen molar-refractivity contribution in [1.29, 1.82) is 5.26 Å². The van der Waals surface area contributed by atoms with Crippen LogP contribution >= 0.6 is 11.6 Å². The van der Waals surface area contributed by atoms with E-state index in [-0.39, 0.29) is 12.2 Å². The molecule has 2 aromatic rings. The maximum atomic E-state index is 11.9. The van der Waals surface area contributed by atoms with Gasteiger partial charge in [0.2, 0.25) is 0 Å². The van der Waals surface area contributed by atoms with Crippen molar-refractivity contribution >= 4 is 23.3 Å². The first kappa shape index (κ1) is 18.5. The van der Waals surface area contributed by atoms with Crippen LogP contribution in [-0.2, 0) is 9.53 Å². The summed E-state index contributed by atoms with van der Waals surface area (Å²) in [5.74, 6) is 0.774. The lowest BCUT2D eigenvalue weighted by molar-refractivity contribution is -0.118. The number of hydrogen-bond donors (Lipinski definition) is 1. The predicted octanol–water partition coefficient (Wildman–Crippen LogP) is 2.65. The molecular formula is C17H16ClN3O4. The van der Waals surface area contributed by atoms with Crippen molar-refractivity contribution in [1.82, 2.24) is 4.98 Å². The van der Waals surface area contributed by atoms with Gasteiger partial charge in [0.15, 0.2) is 6.61 Å². The summed E-state index contributed by atoms with van der Waals surface area (Å²) in [4.78, 5) is 15.8. The number of hydrogen-bond acceptors (Lipinski definition) is 6. The third-order valence-electron chi connectivity index (χ3n) is 2.98. The Bertz CT molecular complexity index is 759. The molecule has 0 radical (unpaired) electrons. The molecule has 0 aliphatic carbocycles. The van der Waals surface area contributed by atoms with E-state index in [2.05, 4.69) is 10.3 Å². The number of nitrogens with zero attached hydrogens (tertiary/aromatic N) is 2. The largest absolute Gasteiger partial charge is 0.491 e. The van der Waals surface area contributed by atoms with Crippen LogP contribution in [0.1, 0.15) is 5.56 Å². The van der Waals surface area contributed by atoms with Gasteiger partial charge in [0.25, 0.3) is 5.91 Å². The zero-order valence-corrected chi connectivity index (χ0v) is 14.2. The third kappa shape index (κ3) is 5.95. The molecule has 0 aliphatic rings. The zero-order valence-electron chi connectivity index (χ0n) is 13.5. The van der Waals surface area contributed by atoms with Crippen LogP contribution in [0.4, 0.5) is 5.82 Å². The van der Waals surface area contributed by atoms with Gasteiger partial charge in [-0.05, 0) is 24.3 Å². The number of carbonyl (C=O) groups excluding carboxylic acids is 1. The molecule has 1 amide bonds. The monoisotopic (exact) mass is 361 g/mol. The zero-order chi connectivity index (χ0) is 18.1. The van der Waals surface area contributed by atoms with E-state index in [9.17, 15) is 10.1 Å². The van der Waals surface area contributed by atoms with Crippen LogP contribution in [-0.4, -0.2) is 37.8 Å². The summed E-state index contributed by atoms with van der Waals surface area (Å²) in [6, 6.07) is 9.98. The van der Waals surface area contributed by atoms with Crippen molar-refractivity contribution in [2.24, 2.45) is 0 Å². The first-order chi connectivity index (χ1) is 12.1. The number of methoxy groups -OCH3 is 1. The minimum atomic E-state index is -0.404. The Balaban J connectivity index is 1.92. The number of rotatable bonds is 8. The van der Waals surface area contributed by atoms with Crippen molar-refractivity contribution in [2.75, 3.05) is 32.2 Å². The van der Waals surface area contributed by atoms with Crippen LogP contribution < -0.4 is 14.8 Å². The average Bonchev–Trinajstić information content (AvgIpc) is 2.62. The molecule has 0 unspecified atom stereocenters. The Morgan fingerprint density at radius 1 is 1.28 bits per heavy atom. The summed E-state index contributed by atoms with van der Waals surface area (Å²) in [5, 5.41) is 12.2. The number of ether oxygens (including phenoxy) is 3. The lowest BCUT2D eigenvalue weighted by atomic mass is 10.2. The standard InChI is InChI=1S/C17H16ClN3O4/c1-23-6-7-24-14-3-4-15(12(8-14)9-19)25-11-17(22)21-16-5-2-13(18)10-20-16/h2-5,8,10H,6-7,11H2,1H3,(H,20,21,22). The average molecular weight is 362 g/mol. The molecule has 130 valence electrons. The summed E-state index contributed by atoms with van der Waals surface area (Å²) in [5.41, 5.74) is 0.271. The molecule has 0 saturated heterocycles. The number of nitriles is 1. The minimum Gasteiger partial charge on any atom is -0.491 e. The fourth-order valence-electron chi connectivity index (χ4n) is 1.83. The lowest BCUT2D eigenvalue weighted by Crippen LogP contribution is -2.21. The number of carbonyl (C=O) groups is 1. The maximum absolute atomic E-state index is 11.9.